The van der Waals surface area contributed by atoms with Gasteiger partial charge in [-0.25, -0.2) is 0 Å². The molecular weight excluding hydrogens is 150 g/mol. The van der Waals surface area contributed by atoms with Crippen molar-refractivity contribution in [2.75, 3.05) is 0 Å². The first-order valence-electron chi connectivity index (χ1n) is 4.79. The number of hydrogen-bond acceptors (Lipinski definition) is 1. The van der Waals surface area contributed by atoms with Crippen LogP contribution >= 0.6 is 0 Å². The second-order valence-corrected chi connectivity index (χ2v) is 4.62. The van der Waals surface area contributed by atoms with Gasteiger partial charge in [0, 0.05) is 11.6 Å². The summed E-state index contributed by atoms with van der Waals surface area (Å²) in [5, 5.41) is 0. The Kier molecular flexibility index (Phi) is 2.76. The molecule has 0 aliphatic heterocycles. The first-order valence-corrected chi connectivity index (χ1v) is 4.79. The van der Waals surface area contributed by atoms with E-state index < -0.39 is 0 Å². The van der Waals surface area contributed by atoms with Crippen molar-refractivity contribution in [2.45, 2.75) is 58.0 Å². The molecule has 1 aliphatic carbocycles. The van der Waals surface area contributed by atoms with Crippen molar-refractivity contribution in [3.8, 4) is 0 Å². The van der Waals surface area contributed by atoms with Crippen LogP contribution in [0.4, 0.5) is 0 Å². The molecule has 0 aromatic rings. The largest absolute Gasteiger partial charge is 0.337 e. The van der Waals surface area contributed by atoms with Gasteiger partial charge in [-0.1, -0.05) is 12.8 Å². The molecule has 0 atom stereocenters. The number of rotatable bonds is 2. The van der Waals surface area contributed by atoms with Gasteiger partial charge in [-0.3, -0.25) is 4.79 Å². The van der Waals surface area contributed by atoms with Gasteiger partial charge in [-0.05, 0) is 33.6 Å². The molecule has 1 saturated carbocycles. The Bertz CT molecular complexity index is 154. The molecule has 0 aromatic heterocycles. The summed E-state index contributed by atoms with van der Waals surface area (Å²) in [5.41, 5.74) is -0.00322. The number of hydrogen-bond donors (Lipinski definition) is 0. The molecule has 0 saturated heterocycles. The molecule has 1 fully saturated rings. The maximum absolute atomic E-state index is 10.9. The van der Waals surface area contributed by atoms with Crippen LogP contribution in [-0.4, -0.2) is 22.9 Å². The van der Waals surface area contributed by atoms with Crippen LogP contribution in [0.15, 0.2) is 0 Å². The van der Waals surface area contributed by atoms with Gasteiger partial charge < -0.3 is 4.90 Å². The molecular formula is C10H19NO. The molecule has 0 radical (unpaired) electrons. The van der Waals surface area contributed by atoms with Gasteiger partial charge in [-0.15, -0.1) is 0 Å². The van der Waals surface area contributed by atoms with E-state index >= 15 is 0 Å². The monoisotopic (exact) mass is 169 g/mol. The molecule has 2 heteroatoms. The summed E-state index contributed by atoms with van der Waals surface area (Å²) in [6.45, 7) is 6.29. The first kappa shape index (κ1) is 9.56. The van der Waals surface area contributed by atoms with Crippen LogP contribution < -0.4 is 0 Å². The fourth-order valence-corrected chi connectivity index (χ4v) is 1.97. The molecule has 1 aliphatic rings. The molecule has 0 aromatic carbocycles. The lowest BCUT2D eigenvalue weighted by atomic mass is 10.0. The van der Waals surface area contributed by atoms with Crippen molar-refractivity contribution in [3.63, 3.8) is 0 Å². The molecule has 1 amide bonds. The number of nitrogens with zero attached hydrogens (tertiary/aromatic N) is 1. The minimum absolute atomic E-state index is 0.00322. The van der Waals surface area contributed by atoms with Gasteiger partial charge in [0.1, 0.15) is 0 Å². The first-order chi connectivity index (χ1) is 5.55. The van der Waals surface area contributed by atoms with E-state index in [4.69, 9.17) is 0 Å². The third kappa shape index (κ3) is 1.99. The van der Waals surface area contributed by atoms with Gasteiger partial charge in [0.15, 0.2) is 0 Å². The topological polar surface area (TPSA) is 20.3 Å². The molecule has 12 heavy (non-hydrogen) atoms. The molecule has 70 valence electrons. The van der Waals surface area contributed by atoms with Crippen LogP contribution in [-0.2, 0) is 4.79 Å². The van der Waals surface area contributed by atoms with Gasteiger partial charge in [-0.2, -0.15) is 0 Å². The lowest BCUT2D eigenvalue weighted by Crippen LogP contribution is -2.46. The Hall–Kier alpha value is -0.530. The average Bonchev–Trinajstić information content (AvgIpc) is 2.38. The highest BCUT2D eigenvalue weighted by atomic mass is 16.1. The molecule has 0 heterocycles. The Labute approximate surface area is 74.9 Å². The van der Waals surface area contributed by atoms with Crippen LogP contribution in [0.5, 0.6) is 0 Å². The van der Waals surface area contributed by atoms with Crippen molar-refractivity contribution >= 4 is 6.41 Å². The van der Waals surface area contributed by atoms with E-state index in [2.05, 4.69) is 20.8 Å². The zero-order valence-corrected chi connectivity index (χ0v) is 8.34. The van der Waals surface area contributed by atoms with E-state index in [9.17, 15) is 4.79 Å². The van der Waals surface area contributed by atoms with Gasteiger partial charge in [0.2, 0.25) is 6.41 Å². The second-order valence-electron chi connectivity index (χ2n) is 4.62. The van der Waals surface area contributed by atoms with Gasteiger partial charge >= 0.3 is 0 Å². The average molecular weight is 169 g/mol. The fraction of sp³-hybridized carbons (Fsp3) is 0.900. The Balaban J connectivity index is 2.60. The lowest BCUT2D eigenvalue weighted by Gasteiger charge is -2.37. The van der Waals surface area contributed by atoms with Crippen LogP contribution in [0.3, 0.4) is 0 Å². The molecule has 0 N–H and O–H groups in total. The van der Waals surface area contributed by atoms with Crippen molar-refractivity contribution in [1.29, 1.82) is 0 Å². The van der Waals surface area contributed by atoms with Crippen molar-refractivity contribution in [1.82, 2.24) is 4.90 Å². The zero-order chi connectivity index (χ0) is 9.19. The maximum Gasteiger partial charge on any atom is 0.210 e. The summed E-state index contributed by atoms with van der Waals surface area (Å²) < 4.78 is 0. The van der Waals surface area contributed by atoms with E-state index in [0.29, 0.717) is 6.04 Å². The highest BCUT2D eigenvalue weighted by Gasteiger charge is 2.29. The summed E-state index contributed by atoms with van der Waals surface area (Å²) in [4.78, 5) is 12.8. The summed E-state index contributed by atoms with van der Waals surface area (Å²) in [6, 6.07) is 0.502. The van der Waals surface area contributed by atoms with Crippen LogP contribution in [0.2, 0.25) is 0 Å². The van der Waals surface area contributed by atoms with E-state index in [0.717, 1.165) is 6.41 Å². The smallest absolute Gasteiger partial charge is 0.210 e. The van der Waals surface area contributed by atoms with Crippen molar-refractivity contribution in [2.24, 2.45) is 0 Å². The number of amides is 1. The van der Waals surface area contributed by atoms with Crippen molar-refractivity contribution < 1.29 is 4.79 Å². The third-order valence-corrected chi connectivity index (χ3v) is 2.61. The fourth-order valence-electron chi connectivity index (χ4n) is 1.97. The van der Waals surface area contributed by atoms with Crippen LogP contribution in [0, 0.1) is 0 Å². The van der Waals surface area contributed by atoms with Crippen LogP contribution in [0.1, 0.15) is 46.5 Å². The molecule has 0 unspecified atom stereocenters. The molecule has 0 spiro atoms. The highest BCUT2D eigenvalue weighted by Crippen LogP contribution is 2.27. The van der Waals surface area contributed by atoms with Crippen LogP contribution in [0.25, 0.3) is 0 Å². The SMILES string of the molecule is CC(C)(C)N(C=O)C1CCCC1. The highest BCUT2D eigenvalue weighted by molar-refractivity contribution is 5.49. The zero-order valence-electron chi connectivity index (χ0n) is 8.34. The minimum atomic E-state index is -0.00322. The van der Waals surface area contributed by atoms with Crippen molar-refractivity contribution in [3.05, 3.63) is 0 Å². The Morgan fingerprint density at radius 1 is 1.25 bits per heavy atom. The molecule has 2 nitrogen and oxygen atoms in total. The maximum atomic E-state index is 10.9. The quantitative estimate of drug-likeness (QED) is 0.580. The van der Waals surface area contributed by atoms with E-state index in [-0.39, 0.29) is 5.54 Å². The summed E-state index contributed by atoms with van der Waals surface area (Å²) >= 11 is 0. The predicted molar refractivity (Wildman–Crippen MR) is 49.9 cm³/mol. The van der Waals surface area contributed by atoms with Gasteiger partial charge in [0.25, 0.3) is 0 Å². The second kappa shape index (κ2) is 3.46. The summed E-state index contributed by atoms with van der Waals surface area (Å²) in [5.74, 6) is 0. The normalized spacial score (nSPS) is 19.6. The third-order valence-electron chi connectivity index (χ3n) is 2.61. The lowest BCUT2D eigenvalue weighted by molar-refractivity contribution is -0.125. The minimum Gasteiger partial charge on any atom is -0.337 e. The number of carbonyl (C=O) groups excluding carboxylic acids is 1. The number of carbonyl (C=O) groups is 1. The van der Waals surface area contributed by atoms with E-state index in [1.54, 1.807) is 0 Å². The Morgan fingerprint density at radius 3 is 2.08 bits per heavy atom. The summed E-state index contributed by atoms with van der Waals surface area (Å²) in [7, 11) is 0. The molecule has 0 bridgehead atoms. The van der Waals surface area contributed by atoms with E-state index in [1.807, 2.05) is 4.90 Å². The van der Waals surface area contributed by atoms with Gasteiger partial charge in [0.05, 0.1) is 0 Å². The summed E-state index contributed by atoms with van der Waals surface area (Å²) in [6.07, 6.45) is 5.96. The van der Waals surface area contributed by atoms with E-state index in [1.165, 1.54) is 25.7 Å². The predicted octanol–water partition coefficient (Wildman–Crippen LogP) is 2.19. The molecule has 1 rings (SSSR count). The standard InChI is InChI=1S/C10H19NO/c1-10(2,3)11(8-12)9-6-4-5-7-9/h8-9H,4-7H2,1-3H3. The Morgan fingerprint density at radius 2 is 1.75 bits per heavy atom.